The number of aliphatic hydroxyl groups excluding tert-OH is 1. The maximum absolute atomic E-state index is 12.1. The molecule has 2 rings (SSSR count). The molecule has 0 bridgehead atoms. The Labute approximate surface area is 125 Å². The Morgan fingerprint density at radius 1 is 1.48 bits per heavy atom. The molecule has 3 N–H and O–H groups in total. The summed E-state index contributed by atoms with van der Waals surface area (Å²) in [5, 5.41) is 30.3. The topological polar surface area (TPSA) is 114 Å². The monoisotopic (exact) mass is 309 g/mol. The number of amides is 2. The molecular weight excluding hydrogens is 298 g/mol. The lowest BCUT2D eigenvalue weighted by atomic mass is 10.2. The number of nitriles is 1. The van der Waals surface area contributed by atoms with Crippen molar-refractivity contribution in [2.24, 2.45) is 0 Å². The third-order valence-corrected chi connectivity index (χ3v) is 3.40. The van der Waals surface area contributed by atoms with Crippen LogP contribution in [0.1, 0.15) is 12.0 Å². The second-order valence-electron chi connectivity index (χ2n) is 4.63. The van der Waals surface area contributed by atoms with Crippen LogP contribution < -0.4 is 5.32 Å². The minimum absolute atomic E-state index is 0.0244. The second kappa shape index (κ2) is 5.99. The molecule has 0 spiro atoms. The number of carboxylic acids is 1. The highest BCUT2D eigenvalue weighted by Crippen LogP contribution is 2.23. The summed E-state index contributed by atoms with van der Waals surface area (Å²) in [6, 6.07) is 4.48. The van der Waals surface area contributed by atoms with Gasteiger partial charge < -0.3 is 20.4 Å². The maximum atomic E-state index is 12.1. The molecule has 110 valence electrons. The van der Waals surface area contributed by atoms with Gasteiger partial charge in [0, 0.05) is 18.0 Å². The number of β-amino-alcohol motifs (C(OH)–C–C–N with tert-alkyl or cyclic N) is 1. The zero-order chi connectivity index (χ0) is 15.6. The van der Waals surface area contributed by atoms with Crippen LogP contribution in [-0.4, -0.2) is 45.8 Å². The average Bonchev–Trinajstić information content (AvgIpc) is 2.81. The third-order valence-electron chi connectivity index (χ3n) is 3.17. The van der Waals surface area contributed by atoms with Crippen molar-refractivity contribution in [3.8, 4) is 6.07 Å². The molecule has 1 aliphatic heterocycles. The van der Waals surface area contributed by atoms with Crippen LogP contribution in [0.2, 0.25) is 5.02 Å². The number of hydrogen-bond acceptors (Lipinski definition) is 4. The molecule has 0 unspecified atom stereocenters. The lowest BCUT2D eigenvalue weighted by Crippen LogP contribution is -2.43. The number of aliphatic carboxylic acids is 1. The summed E-state index contributed by atoms with van der Waals surface area (Å²) in [7, 11) is 0. The van der Waals surface area contributed by atoms with Crippen LogP contribution in [0.4, 0.5) is 10.5 Å². The van der Waals surface area contributed by atoms with Gasteiger partial charge in [0.1, 0.15) is 12.1 Å². The number of likely N-dealkylation sites (tertiary alicyclic amines) is 1. The van der Waals surface area contributed by atoms with E-state index in [1.54, 1.807) is 0 Å². The molecule has 0 aromatic heterocycles. The van der Waals surface area contributed by atoms with Crippen LogP contribution in [0.3, 0.4) is 0 Å². The van der Waals surface area contributed by atoms with E-state index in [1.165, 1.54) is 18.2 Å². The first kappa shape index (κ1) is 15.1. The summed E-state index contributed by atoms with van der Waals surface area (Å²) in [5.41, 5.74) is 0.403. The standard InChI is InChI=1S/C13H12ClN3O4/c14-8-2-1-7(5-15)10(3-8)16-13(21)17-6-9(18)4-11(17)12(19)20/h1-3,9,11,18H,4,6H2,(H,16,21)(H,19,20)/t9-,11-/m0/s1. The van der Waals surface area contributed by atoms with Gasteiger partial charge in [0.15, 0.2) is 0 Å². The molecule has 2 atom stereocenters. The first-order chi connectivity index (χ1) is 9.92. The van der Waals surface area contributed by atoms with E-state index in [1.807, 2.05) is 6.07 Å². The summed E-state index contributed by atoms with van der Waals surface area (Å²) in [5.74, 6) is -1.19. The Hall–Kier alpha value is -2.30. The number of anilines is 1. The van der Waals surface area contributed by atoms with Crippen molar-refractivity contribution >= 4 is 29.3 Å². The van der Waals surface area contributed by atoms with Gasteiger partial charge in [0.05, 0.1) is 17.4 Å². The Morgan fingerprint density at radius 2 is 2.19 bits per heavy atom. The molecule has 0 radical (unpaired) electrons. The molecule has 8 heteroatoms. The molecule has 2 amide bonds. The highest BCUT2D eigenvalue weighted by molar-refractivity contribution is 6.31. The number of nitrogens with zero attached hydrogens (tertiary/aromatic N) is 2. The van der Waals surface area contributed by atoms with E-state index in [-0.39, 0.29) is 24.2 Å². The van der Waals surface area contributed by atoms with Gasteiger partial charge in [0.25, 0.3) is 0 Å². The summed E-state index contributed by atoms with van der Waals surface area (Å²) in [6.07, 6.45) is -0.907. The number of urea groups is 1. The van der Waals surface area contributed by atoms with Gasteiger partial charge in [-0.1, -0.05) is 11.6 Å². The summed E-state index contributed by atoms with van der Waals surface area (Å²) in [6.45, 7) is -0.0781. The first-order valence-corrected chi connectivity index (χ1v) is 6.48. The van der Waals surface area contributed by atoms with Crippen molar-refractivity contribution in [1.29, 1.82) is 5.26 Å². The minimum atomic E-state index is -1.19. The molecule has 21 heavy (non-hydrogen) atoms. The second-order valence-corrected chi connectivity index (χ2v) is 5.06. The molecule has 1 heterocycles. The van der Waals surface area contributed by atoms with E-state index in [0.717, 1.165) is 4.90 Å². The van der Waals surface area contributed by atoms with Gasteiger partial charge in [-0.05, 0) is 18.2 Å². The lowest BCUT2D eigenvalue weighted by molar-refractivity contribution is -0.141. The highest BCUT2D eigenvalue weighted by Gasteiger charge is 2.39. The summed E-state index contributed by atoms with van der Waals surface area (Å²) in [4.78, 5) is 24.3. The number of carbonyl (C=O) groups is 2. The number of benzene rings is 1. The van der Waals surface area contributed by atoms with Crippen molar-refractivity contribution in [3.05, 3.63) is 28.8 Å². The van der Waals surface area contributed by atoms with Gasteiger partial charge in [-0.3, -0.25) is 0 Å². The van der Waals surface area contributed by atoms with Gasteiger partial charge in [-0.2, -0.15) is 5.26 Å². The van der Waals surface area contributed by atoms with E-state index in [0.29, 0.717) is 5.02 Å². The molecule has 1 saturated heterocycles. The quantitative estimate of drug-likeness (QED) is 0.761. The van der Waals surface area contributed by atoms with E-state index < -0.39 is 24.1 Å². The van der Waals surface area contributed by atoms with Crippen LogP contribution in [0.5, 0.6) is 0 Å². The fourth-order valence-corrected chi connectivity index (χ4v) is 2.35. The van der Waals surface area contributed by atoms with E-state index in [2.05, 4.69) is 5.32 Å². The molecule has 0 aliphatic carbocycles. The Morgan fingerprint density at radius 3 is 2.81 bits per heavy atom. The van der Waals surface area contributed by atoms with Crippen molar-refractivity contribution in [2.75, 3.05) is 11.9 Å². The van der Waals surface area contributed by atoms with Crippen molar-refractivity contribution < 1.29 is 19.8 Å². The van der Waals surface area contributed by atoms with Crippen LogP contribution in [0.15, 0.2) is 18.2 Å². The first-order valence-electron chi connectivity index (χ1n) is 6.10. The molecule has 1 aromatic rings. The number of rotatable bonds is 2. The van der Waals surface area contributed by atoms with E-state index >= 15 is 0 Å². The number of carboxylic acid groups (broad SMARTS) is 1. The van der Waals surface area contributed by atoms with Crippen LogP contribution in [0, 0.1) is 11.3 Å². The number of aliphatic hydroxyl groups is 1. The van der Waals surface area contributed by atoms with Crippen LogP contribution in [0.25, 0.3) is 0 Å². The predicted molar refractivity (Wildman–Crippen MR) is 73.9 cm³/mol. The number of hydrogen-bond donors (Lipinski definition) is 3. The molecule has 7 nitrogen and oxygen atoms in total. The maximum Gasteiger partial charge on any atom is 0.326 e. The predicted octanol–water partition coefficient (Wildman–Crippen LogP) is 1.26. The normalized spacial score (nSPS) is 20.9. The smallest absolute Gasteiger partial charge is 0.326 e. The molecule has 1 fully saturated rings. The van der Waals surface area contributed by atoms with Gasteiger partial charge in [-0.15, -0.1) is 0 Å². The van der Waals surface area contributed by atoms with E-state index in [4.69, 9.17) is 22.0 Å². The van der Waals surface area contributed by atoms with Crippen molar-refractivity contribution in [1.82, 2.24) is 4.90 Å². The summed E-state index contributed by atoms with van der Waals surface area (Å²) >= 11 is 5.81. The third kappa shape index (κ3) is 3.24. The number of nitrogens with one attached hydrogen (secondary N) is 1. The molecule has 1 aromatic carbocycles. The summed E-state index contributed by atoms with van der Waals surface area (Å²) < 4.78 is 0. The highest BCUT2D eigenvalue weighted by atomic mass is 35.5. The molecular formula is C13H12ClN3O4. The minimum Gasteiger partial charge on any atom is -0.480 e. The fraction of sp³-hybridized carbons (Fsp3) is 0.308. The van der Waals surface area contributed by atoms with Gasteiger partial charge in [0.2, 0.25) is 0 Å². The van der Waals surface area contributed by atoms with Gasteiger partial charge >= 0.3 is 12.0 Å². The Kier molecular flexibility index (Phi) is 4.31. The molecule has 0 saturated carbocycles. The fourth-order valence-electron chi connectivity index (χ4n) is 2.18. The van der Waals surface area contributed by atoms with Gasteiger partial charge in [-0.25, -0.2) is 9.59 Å². The van der Waals surface area contributed by atoms with Crippen molar-refractivity contribution in [3.63, 3.8) is 0 Å². The van der Waals surface area contributed by atoms with Crippen LogP contribution in [-0.2, 0) is 4.79 Å². The largest absolute Gasteiger partial charge is 0.480 e. The zero-order valence-corrected chi connectivity index (χ0v) is 11.5. The Balaban J connectivity index is 2.20. The van der Waals surface area contributed by atoms with Crippen LogP contribution >= 0.6 is 11.6 Å². The Bertz CT molecular complexity index is 628. The average molecular weight is 310 g/mol. The number of halogens is 1. The molecule has 1 aliphatic rings. The number of carbonyl (C=O) groups excluding carboxylic acids is 1. The SMILES string of the molecule is N#Cc1ccc(Cl)cc1NC(=O)N1C[C@@H](O)C[C@H]1C(=O)O. The zero-order valence-electron chi connectivity index (χ0n) is 10.8. The lowest BCUT2D eigenvalue weighted by Gasteiger charge is -2.21. The van der Waals surface area contributed by atoms with Crippen molar-refractivity contribution in [2.45, 2.75) is 18.6 Å². The van der Waals surface area contributed by atoms with E-state index in [9.17, 15) is 14.7 Å².